The molecule has 2 fully saturated rings. The Morgan fingerprint density at radius 1 is 1.29 bits per heavy atom. The monoisotopic (exact) mass is 323 g/mol. The molecule has 1 saturated heterocycles. The van der Waals surface area contributed by atoms with Crippen molar-refractivity contribution in [3.8, 4) is 0 Å². The van der Waals surface area contributed by atoms with E-state index in [9.17, 15) is 4.79 Å². The molecule has 0 spiro atoms. The molecule has 24 heavy (non-hydrogen) atoms. The van der Waals surface area contributed by atoms with Crippen molar-refractivity contribution in [1.82, 2.24) is 15.6 Å². The van der Waals surface area contributed by atoms with E-state index in [2.05, 4.69) is 17.6 Å². The molecule has 0 unspecified atom stereocenters. The number of nitrogens with zero attached hydrogens (tertiary/aromatic N) is 1. The third-order valence-electron chi connectivity index (χ3n) is 5.46. The predicted octanol–water partition coefficient (Wildman–Crippen LogP) is 3.23. The maximum absolute atomic E-state index is 12.9. The summed E-state index contributed by atoms with van der Waals surface area (Å²) < 4.78 is 0. The molecule has 1 aromatic carbocycles. The van der Waals surface area contributed by atoms with Crippen molar-refractivity contribution in [2.24, 2.45) is 5.41 Å². The highest BCUT2D eigenvalue weighted by Gasteiger charge is 2.29. The van der Waals surface area contributed by atoms with Crippen LogP contribution in [0, 0.1) is 5.41 Å². The van der Waals surface area contributed by atoms with Crippen molar-refractivity contribution in [1.29, 1.82) is 0 Å². The van der Waals surface area contributed by atoms with Gasteiger partial charge in [-0.05, 0) is 56.3 Å². The maximum atomic E-state index is 12.9. The smallest absolute Gasteiger partial charge is 0.252 e. The highest BCUT2D eigenvalue weighted by Crippen LogP contribution is 2.40. The van der Waals surface area contributed by atoms with E-state index in [1.54, 1.807) is 0 Å². The molecule has 1 amide bonds. The van der Waals surface area contributed by atoms with Gasteiger partial charge in [0.05, 0.1) is 11.1 Å². The molecule has 2 aliphatic rings. The number of fused-ring (bicyclic) bond motifs is 1. The fourth-order valence-corrected chi connectivity index (χ4v) is 3.57. The third-order valence-corrected chi connectivity index (χ3v) is 5.46. The summed E-state index contributed by atoms with van der Waals surface area (Å²) in [7, 11) is 0. The summed E-state index contributed by atoms with van der Waals surface area (Å²) in [6.45, 7) is 5.09. The summed E-state index contributed by atoms with van der Waals surface area (Å²) in [5.41, 5.74) is 2.98. The van der Waals surface area contributed by atoms with Crippen LogP contribution in [0.1, 0.15) is 54.6 Å². The van der Waals surface area contributed by atoms with Gasteiger partial charge >= 0.3 is 0 Å². The van der Waals surface area contributed by atoms with E-state index in [0.717, 1.165) is 54.6 Å². The van der Waals surface area contributed by atoms with Crippen LogP contribution in [0.2, 0.25) is 0 Å². The zero-order chi connectivity index (χ0) is 16.6. The van der Waals surface area contributed by atoms with E-state index in [1.807, 2.05) is 30.3 Å². The van der Waals surface area contributed by atoms with E-state index in [4.69, 9.17) is 4.98 Å². The van der Waals surface area contributed by atoms with Crippen LogP contribution in [-0.4, -0.2) is 30.5 Å². The number of hydrogen-bond donors (Lipinski definition) is 2. The van der Waals surface area contributed by atoms with Gasteiger partial charge < -0.3 is 10.6 Å². The molecule has 4 heteroatoms. The van der Waals surface area contributed by atoms with Gasteiger partial charge in [-0.15, -0.1) is 0 Å². The number of amides is 1. The number of rotatable bonds is 4. The summed E-state index contributed by atoms with van der Waals surface area (Å²) in [6, 6.07) is 9.99. The zero-order valence-corrected chi connectivity index (χ0v) is 14.3. The Balaban J connectivity index is 1.59. The van der Waals surface area contributed by atoms with E-state index in [1.165, 1.54) is 12.8 Å². The predicted molar refractivity (Wildman–Crippen MR) is 96.3 cm³/mol. The molecule has 1 aromatic heterocycles. The molecule has 1 aliphatic carbocycles. The maximum Gasteiger partial charge on any atom is 0.252 e. The van der Waals surface area contributed by atoms with Crippen LogP contribution in [-0.2, 0) is 0 Å². The SMILES string of the molecule is CC1(CNC(=O)c2cc(C3CC3)nc3ccccc23)CCNCC1. The van der Waals surface area contributed by atoms with Crippen LogP contribution < -0.4 is 10.6 Å². The van der Waals surface area contributed by atoms with Gasteiger partial charge in [0, 0.05) is 23.5 Å². The van der Waals surface area contributed by atoms with Crippen LogP contribution in [0.3, 0.4) is 0 Å². The van der Waals surface area contributed by atoms with Gasteiger partial charge in [0.2, 0.25) is 0 Å². The van der Waals surface area contributed by atoms with Crippen molar-refractivity contribution in [3.63, 3.8) is 0 Å². The van der Waals surface area contributed by atoms with Gasteiger partial charge in [-0.25, -0.2) is 0 Å². The van der Waals surface area contributed by atoms with Crippen molar-refractivity contribution < 1.29 is 4.79 Å². The Hall–Kier alpha value is -1.94. The average Bonchev–Trinajstić information content (AvgIpc) is 3.44. The molecule has 0 bridgehead atoms. The third kappa shape index (κ3) is 3.16. The first-order chi connectivity index (χ1) is 11.6. The van der Waals surface area contributed by atoms with Gasteiger partial charge in [-0.1, -0.05) is 25.1 Å². The van der Waals surface area contributed by atoms with Crippen molar-refractivity contribution in [3.05, 3.63) is 41.6 Å². The highest BCUT2D eigenvalue weighted by molar-refractivity contribution is 6.06. The first kappa shape index (κ1) is 15.6. The number of pyridine rings is 1. The molecule has 2 aromatic rings. The molecule has 4 nitrogen and oxygen atoms in total. The molecule has 1 aliphatic heterocycles. The molecular weight excluding hydrogens is 298 g/mol. The summed E-state index contributed by atoms with van der Waals surface area (Å²) in [6.07, 6.45) is 4.60. The molecule has 2 N–H and O–H groups in total. The number of carbonyl (C=O) groups excluding carboxylic acids is 1. The molecule has 1 saturated carbocycles. The van der Waals surface area contributed by atoms with E-state index in [0.29, 0.717) is 5.92 Å². The first-order valence-corrected chi connectivity index (χ1v) is 9.03. The quantitative estimate of drug-likeness (QED) is 0.908. The largest absolute Gasteiger partial charge is 0.351 e. The van der Waals surface area contributed by atoms with Gasteiger partial charge in [0.15, 0.2) is 0 Å². The molecule has 0 atom stereocenters. The van der Waals surface area contributed by atoms with E-state index < -0.39 is 0 Å². The van der Waals surface area contributed by atoms with Gasteiger partial charge in [-0.2, -0.15) is 0 Å². The molecule has 126 valence electrons. The number of benzene rings is 1. The van der Waals surface area contributed by atoms with Crippen LogP contribution in [0.5, 0.6) is 0 Å². The minimum absolute atomic E-state index is 0.0373. The molecule has 2 heterocycles. The minimum atomic E-state index is 0.0373. The van der Waals surface area contributed by atoms with E-state index in [-0.39, 0.29) is 11.3 Å². The van der Waals surface area contributed by atoms with Crippen LogP contribution in [0.25, 0.3) is 10.9 Å². The molecular formula is C20H25N3O. The average molecular weight is 323 g/mol. The first-order valence-electron chi connectivity index (χ1n) is 9.03. The summed E-state index contributed by atoms with van der Waals surface area (Å²) in [5.74, 6) is 0.582. The number of aromatic nitrogens is 1. The fraction of sp³-hybridized carbons (Fsp3) is 0.500. The standard InChI is InChI=1S/C20H25N3O/c1-20(8-10-21-11-9-20)13-22-19(24)16-12-18(14-6-7-14)23-17-5-3-2-4-15(16)17/h2-5,12,14,21H,6-11,13H2,1H3,(H,22,24). The minimum Gasteiger partial charge on any atom is -0.351 e. The molecule has 4 rings (SSSR count). The van der Waals surface area contributed by atoms with Gasteiger partial charge in [0.25, 0.3) is 5.91 Å². The fourth-order valence-electron chi connectivity index (χ4n) is 3.57. The molecule has 0 radical (unpaired) electrons. The highest BCUT2D eigenvalue weighted by atomic mass is 16.1. The number of nitrogens with one attached hydrogen (secondary N) is 2. The second-order valence-electron chi connectivity index (χ2n) is 7.63. The number of para-hydroxylation sites is 1. The zero-order valence-electron chi connectivity index (χ0n) is 14.3. The Morgan fingerprint density at radius 3 is 2.79 bits per heavy atom. The summed E-state index contributed by atoms with van der Waals surface area (Å²) >= 11 is 0. The Bertz CT molecular complexity index is 761. The summed E-state index contributed by atoms with van der Waals surface area (Å²) in [4.78, 5) is 17.6. The number of hydrogen-bond acceptors (Lipinski definition) is 3. The van der Waals surface area contributed by atoms with E-state index >= 15 is 0 Å². The Kier molecular flexibility index (Phi) is 4.01. The summed E-state index contributed by atoms with van der Waals surface area (Å²) in [5, 5.41) is 7.54. The lowest BCUT2D eigenvalue weighted by molar-refractivity contribution is 0.0924. The second kappa shape index (κ2) is 6.17. The topological polar surface area (TPSA) is 54.0 Å². The van der Waals surface area contributed by atoms with Crippen molar-refractivity contribution in [2.45, 2.75) is 38.5 Å². The lowest BCUT2D eigenvalue weighted by Gasteiger charge is -2.34. The Morgan fingerprint density at radius 2 is 2.04 bits per heavy atom. The van der Waals surface area contributed by atoms with Crippen molar-refractivity contribution in [2.75, 3.05) is 19.6 Å². The lowest BCUT2D eigenvalue weighted by atomic mass is 9.81. The van der Waals surface area contributed by atoms with Gasteiger partial charge in [0.1, 0.15) is 0 Å². The Labute approximate surface area is 143 Å². The van der Waals surface area contributed by atoms with Crippen LogP contribution in [0.4, 0.5) is 0 Å². The number of carbonyl (C=O) groups is 1. The van der Waals surface area contributed by atoms with Gasteiger partial charge in [-0.3, -0.25) is 9.78 Å². The second-order valence-corrected chi connectivity index (χ2v) is 7.63. The van der Waals surface area contributed by atoms with Crippen LogP contribution >= 0.6 is 0 Å². The van der Waals surface area contributed by atoms with Crippen molar-refractivity contribution >= 4 is 16.8 Å². The normalized spacial score (nSPS) is 20.0. The van der Waals surface area contributed by atoms with Crippen LogP contribution in [0.15, 0.2) is 30.3 Å². The lowest BCUT2D eigenvalue weighted by Crippen LogP contribution is -2.42. The number of piperidine rings is 1.